The lowest BCUT2D eigenvalue weighted by Gasteiger charge is -2.11. The first kappa shape index (κ1) is 19.8. The SMILES string of the molecule is N#CCC(=O)Nc1ccc(C(=O)OCC(=O)N2CCC(c3ccccc3)=N2)cc1. The molecule has 29 heavy (non-hydrogen) atoms. The number of amides is 2. The van der Waals surface area contributed by atoms with E-state index in [9.17, 15) is 14.4 Å². The van der Waals surface area contributed by atoms with Gasteiger partial charge in [0.2, 0.25) is 5.91 Å². The minimum absolute atomic E-state index is 0.242. The molecule has 0 bridgehead atoms. The molecule has 146 valence electrons. The van der Waals surface area contributed by atoms with Crippen LogP contribution in [0.15, 0.2) is 59.7 Å². The molecule has 0 radical (unpaired) electrons. The number of hydrogen-bond donors (Lipinski definition) is 1. The monoisotopic (exact) mass is 390 g/mol. The Kier molecular flexibility index (Phi) is 6.32. The number of benzene rings is 2. The molecule has 0 unspecified atom stereocenters. The lowest BCUT2D eigenvalue weighted by Crippen LogP contribution is -2.28. The normalized spacial score (nSPS) is 12.7. The lowest BCUT2D eigenvalue weighted by atomic mass is 10.1. The van der Waals surface area contributed by atoms with Crippen molar-refractivity contribution in [3.05, 3.63) is 65.7 Å². The van der Waals surface area contributed by atoms with Crippen molar-refractivity contribution < 1.29 is 19.1 Å². The van der Waals surface area contributed by atoms with Gasteiger partial charge in [-0.25, -0.2) is 9.80 Å². The van der Waals surface area contributed by atoms with Gasteiger partial charge >= 0.3 is 5.97 Å². The maximum absolute atomic E-state index is 12.3. The average molecular weight is 390 g/mol. The molecule has 0 aromatic heterocycles. The number of anilines is 1. The summed E-state index contributed by atoms with van der Waals surface area (Å²) in [5, 5.41) is 16.6. The highest BCUT2D eigenvalue weighted by atomic mass is 16.5. The molecule has 2 amide bonds. The molecule has 0 aliphatic carbocycles. The molecule has 0 atom stereocenters. The van der Waals surface area contributed by atoms with E-state index in [1.807, 2.05) is 30.3 Å². The molecule has 8 nitrogen and oxygen atoms in total. The summed E-state index contributed by atoms with van der Waals surface area (Å²) in [7, 11) is 0. The zero-order valence-corrected chi connectivity index (χ0v) is 15.5. The number of hydrogen-bond acceptors (Lipinski definition) is 6. The van der Waals surface area contributed by atoms with Crippen molar-refractivity contribution in [1.29, 1.82) is 5.26 Å². The summed E-state index contributed by atoms with van der Waals surface area (Å²) in [5.74, 6) is -1.49. The van der Waals surface area contributed by atoms with Gasteiger partial charge in [-0.3, -0.25) is 9.59 Å². The van der Waals surface area contributed by atoms with Crippen LogP contribution in [0.2, 0.25) is 0 Å². The van der Waals surface area contributed by atoms with Crippen LogP contribution in [0.1, 0.15) is 28.8 Å². The third kappa shape index (κ3) is 5.26. The van der Waals surface area contributed by atoms with Gasteiger partial charge in [0.25, 0.3) is 5.91 Å². The van der Waals surface area contributed by atoms with E-state index in [0.29, 0.717) is 18.7 Å². The van der Waals surface area contributed by atoms with E-state index in [0.717, 1.165) is 11.3 Å². The van der Waals surface area contributed by atoms with Crippen molar-refractivity contribution in [2.75, 3.05) is 18.5 Å². The van der Waals surface area contributed by atoms with E-state index >= 15 is 0 Å². The molecule has 0 spiro atoms. The zero-order valence-electron chi connectivity index (χ0n) is 15.5. The number of hydrazone groups is 1. The Bertz CT molecular complexity index is 978. The Morgan fingerprint density at radius 2 is 1.83 bits per heavy atom. The molecule has 0 saturated heterocycles. The Morgan fingerprint density at radius 3 is 2.52 bits per heavy atom. The van der Waals surface area contributed by atoms with Crippen LogP contribution in [0.25, 0.3) is 0 Å². The van der Waals surface area contributed by atoms with E-state index in [2.05, 4.69) is 10.4 Å². The second-order valence-electron chi connectivity index (χ2n) is 6.22. The first-order valence-corrected chi connectivity index (χ1v) is 8.94. The molecule has 2 aromatic carbocycles. The molecule has 1 aliphatic rings. The maximum atomic E-state index is 12.3. The molecular formula is C21H18N4O4. The van der Waals surface area contributed by atoms with Gasteiger partial charge < -0.3 is 10.1 Å². The Labute approximate surface area is 167 Å². The quantitative estimate of drug-likeness (QED) is 0.761. The van der Waals surface area contributed by atoms with E-state index in [1.165, 1.54) is 29.3 Å². The van der Waals surface area contributed by atoms with Crippen molar-refractivity contribution in [2.45, 2.75) is 12.8 Å². The highest BCUT2D eigenvalue weighted by molar-refractivity contribution is 6.02. The average Bonchev–Trinajstić information content (AvgIpc) is 3.23. The van der Waals surface area contributed by atoms with E-state index in [-0.39, 0.29) is 12.0 Å². The molecule has 2 aromatic rings. The van der Waals surface area contributed by atoms with Crippen molar-refractivity contribution in [2.24, 2.45) is 5.10 Å². The van der Waals surface area contributed by atoms with Crippen LogP contribution in [-0.2, 0) is 14.3 Å². The van der Waals surface area contributed by atoms with Crippen LogP contribution in [-0.4, -0.2) is 41.7 Å². The zero-order chi connectivity index (χ0) is 20.6. The minimum atomic E-state index is -0.653. The van der Waals surface area contributed by atoms with Gasteiger partial charge in [0.15, 0.2) is 6.61 Å². The largest absolute Gasteiger partial charge is 0.452 e. The van der Waals surface area contributed by atoms with E-state index < -0.39 is 24.4 Å². The fourth-order valence-corrected chi connectivity index (χ4v) is 2.72. The van der Waals surface area contributed by atoms with Crippen LogP contribution in [0.4, 0.5) is 5.69 Å². The Morgan fingerprint density at radius 1 is 1.10 bits per heavy atom. The topological polar surface area (TPSA) is 112 Å². The summed E-state index contributed by atoms with van der Waals surface area (Å²) in [5.41, 5.74) is 2.48. The molecule has 0 fully saturated rings. The lowest BCUT2D eigenvalue weighted by molar-refractivity contribution is -0.134. The molecule has 1 heterocycles. The smallest absolute Gasteiger partial charge is 0.338 e. The number of nitrogens with zero attached hydrogens (tertiary/aromatic N) is 3. The van der Waals surface area contributed by atoms with Gasteiger partial charge in [-0.15, -0.1) is 0 Å². The Hall–Kier alpha value is -3.99. The minimum Gasteiger partial charge on any atom is -0.452 e. The van der Waals surface area contributed by atoms with E-state index in [4.69, 9.17) is 10.00 Å². The van der Waals surface area contributed by atoms with Gasteiger partial charge in [-0.05, 0) is 29.8 Å². The molecular weight excluding hydrogens is 372 g/mol. The molecule has 1 aliphatic heterocycles. The summed E-state index contributed by atoms with van der Waals surface area (Å²) in [6.07, 6.45) is 0.388. The third-order valence-corrected chi connectivity index (χ3v) is 4.17. The predicted octanol–water partition coefficient (Wildman–Crippen LogP) is 2.33. The fraction of sp³-hybridized carbons (Fsp3) is 0.190. The number of rotatable bonds is 6. The summed E-state index contributed by atoms with van der Waals surface area (Å²) in [6.45, 7) is 0.0305. The molecule has 0 saturated carbocycles. The summed E-state index contributed by atoms with van der Waals surface area (Å²) < 4.78 is 5.07. The first-order chi connectivity index (χ1) is 14.1. The van der Waals surface area contributed by atoms with Crippen molar-refractivity contribution >= 4 is 29.2 Å². The summed E-state index contributed by atoms with van der Waals surface area (Å²) in [4.78, 5) is 35.8. The van der Waals surface area contributed by atoms with Gasteiger partial charge in [-0.1, -0.05) is 30.3 Å². The van der Waals surface area contributed by atoms with Crippen LogP contribution in [0, 0.1) is 11.3 Å². The van der Waals surface area contributed by atoms with Gasteiger partial charge in [0, 0.05) is 12.1 Å². The summed E-state index contributed by atoms with van der Waals surface area (Å²) in [6, 6.07) is 17.3. The highest BCUT2D eigenvalue weighted by Gasteiger charge is 2.22. The molecule has 8 heteroatoms. The number of nitriles is 1. The number of nitrogens with one attached hydrogen (secondary N) is 1. The number of carbonyl (C=O) groups excluding carboxylic acids is 3. The third-order valence-electron chi connectivity index (χ3n) is 4.17. The first-order valence-electron chi connectivity index (χ1n) is 8.94. The van der Waals surface area contributed by atoms with Gasteiger partial charge in [-0.2, -0.15) is 10.4 Å². The van der Waals surface area contributed by atoms with Crippen LogP contribution >= 0.6 is 0 Å². The highest BCUT2D eigenvalue weighted by Crippen LogP contribution is 2.14. The second-order valence-corrected chi connectivity index (χ2v) is 6.22. The van der Waals surface area contributed by atoms with Gasteiger partial charge in [0.1, 0.15) is 6.42 Å². The van der Waals surface area contributed by atoms with E-state index in [1.54, 1.807) is 6.07 Å². The fourth-order valence-electron chi connectivity index (χ4n) is 2.72. The van der Waals surface area contributed by atoms with Crippen LogP contribution < -0.4 is 5.32 Å². The van der Waals surface area contributed by atoms with Crippen molar-refractivity contribution in [1.82, 2.24) is 5.01 Å². The maximum Gasteiger partial charge on any atom is 0.338 e. The van der Waals surface area contributed by atoms with Crippen molar-refractivity contribution in [3.63, 3.8) is 0 Å². The van der Waals surface area contributed by atoms with Crippen LogP contribution in [0.5, 0.6) is 0 Å². The molecule has 1 N–H and O–H groups in total. The number of ether oxygens (including phenoxy) is 1. The number of carbonyl (C=O) groups is 3. The molecule has 3 rings (SSSR count). The Balaban J connectivity index is 1.51. The number of esters is 1. The van der Waals surface area contributed by atoms with Crippen molar-refractivity contribution in [3.8, 4) is 6.07 Å². The van der Waals surface area contributed by atoms with Gasteiger partial charge in [0.05, 0.1) is 23.9 Å². The van der Waals surface area contributed by atoms with Crippen LogP contribution in [0.3, 0.4) is 0 Å². The summed E-state index contributed by atoms with van der Waals surface area (Å²) >= 11 is 0. The standard InChI is InChI=1S/C21H18N4O4/c22-12-10-19(26)23-17-8-6-16(7-9-17)21(28)29-14-20(27)25-13-11-18(24-25)15-4-2-1-3-5-15/h1-9H,10-11,13-14H2,(H,23,26). The predicted molar refractivity (Wildman–Crippen MR) is 105 cm³/mol. The second kappa shape index (κ2) is 9.28.